The first-order valence-corrected chi connectivity index (χ1v) is 50.2. The molecule has 0 fully saturated rings. The van der Waals surface area contributed by atoms with Gasteiger partial charge in [0.2, 0.25) is 11.9 Å². The van der Waals surface area contributed by atoms with Crippen LogP contribution >= 0.6 is 0 Å². The number of fused-ring (bicyclic) bond motifs is 15. The summed E-state index contributed by atoms with van der Waals surface area (Å²) in [6, 6.07) is 188. The van der Waals surface area contributed by atoms with E-state index in [4.69, 9.17) is 34.9 Å². The van der Waals surface area contributed by atoms with Gasteiger partial charge in [0.1, 0.15) is 0 Å². The van der Waals surface area contributed by atoms with Gasteiger partial charge in [-0.25, -0.2) is 29.9 Å². The normalized spacial score (nSPS) is 11.5. The van der Waals surface area contributed by atoms with Gasteiger partial charge in [0.05, 0.1) is 60.9 Å². The van der Waals surface area contributed by atoms with Gasteiger partial charge in [0, 0.05) is 111 Å². The predicted molar refractivity (Wildman–Crippen MR) is 613 cm³/mol. The van der Waals surface area contributed by atoms with Gasteiger partial charge in [0.25, 0.3) is 0 Å². The molecule has 0 amide bonds. The topological polar surface area (TPSA) is 128 Å². The van der Waals surface area contributed by atoms with Gasteiger partial charge in [-0.1, -0.05) is 406 Å². The molecule has 8 aromatic heterocycles. The summed E-state index contributed by atoms with van der Waals surface area (Å²) in [6.07, 6.45) is 1.85. The maximum Gasteiger partial charge on any atom is 0.238 e. The number of aromatic nitrogens is 13. The molecular formula is C136H89N13. The quantitative estimate of drug-likeness (QED) is 0.0936. The molecule has 8 heterocycles. The van der Waals surface area contributed by atoms with Gasteiger partial charge in [-0.2, -0.15) is 9.97 Å². The van der Waals surface area contributed by atoms with Crippen LogP contribution in [0, 0.1) is 0 Å². The van der Waals surface area contributed by atoms with Gasteiger partial charge >= 0.3 is 0 Å². The molecule has 149 heavy (non-hydrogen) atoms. The van der Waals surface area contributed by atoms with Gasteiger partial charge in [-0.05, 0) is 183 Å². The minimum atomic E-state index is 0.575. The van der Waals surface area contributed by atoms with Crippen molar-refractivity contribution < 1.29 is 0 Å². The number of rotatable bonds is 16. The van der Waals surface area contributed by atoms with Crippen molar-refractivity contribution in [3.8, 4) is 153 Å². The monoisotopic (exact) mass is 1900 g/mol. The number of nitrogens with zero attached hydrogens (tertiary/aromatic N) is 13. The Morgan fingerprint density at radius 3 is 0.812 bits per heavy atom. The molecule has 29 rings (SSSR count). The molecule has 698 valence electrons. The van der Waals surface area contributed by atoms with E-state index >= 15 is 0 Å². The number of hydrogen-bond acceptors (Lipinski definition) is 8. The summed E-state index contributed by atoms with van der Waals surface area (Å²) in [5.41, 5.74) is 33.0. The Labute approximate surface area is 858 Å². The molecule has 0 unspecified atom stereocenters. The van der Waals surface area contributed by atoms with Crippen LogP contribution in [0.5, 0.6) is 0 Å². The Kier molecular flexibility index (Phi) is 22.3. The van der Waals surface area contributed by atoms with Crippen LogP contribution in [0.1, 0.15) is 0 Å². The summed E-state index contributed by atoms with van der Waals surface area (Å²) in [6.45, 7) is 0. The SMILES string of the molecule is c1ccc(-c2ccc(-c3cccc(-c4ccnc(-n5c6ccccc6c6ccccc65)n4)c3)cc2)cc1.c1ccc(-c2ccc3c4cc(-c5ccc6c(c5)c5ccccc5n6-c5ccccc5)ccc4n(-c4nc(-c5ccccc5)nc(-c5ccccc5)n4)c3c2)cc1.c1ccc(-c2nc(-c3ccccc3)nc(-c3cccc(-n4c5ccccc5c5cc(-c6ccc7c8ccccc8n(-c8ccccc8)c7c6)ccc54)c3)n2)cc1. The highest BCUT2D eigenvalue weighted by Crippen LogP contribution is 2.45. The van der Waals surface area contributed by atoms with E-state index in [1.54, 1.807) is 0 Å². The lowest BCUT2D eigenvalue weighted by molar-refractivity contribution is 0.953. The van der Waals surface area contributed by atoms with Crippen LogP contribution in [-0.2, 0) is 0 Å². The molecule has 0 aliphatic heterocycles. The van der Waals surface area contributed by atoms with E-state index in [0.717, 1.165) is 128 Å². The third kappa shape index (κ3) is 16.3. The summed E-state index contributed by atoms with van der Waals surface area (Å²) in [5.74, 6) is 4.42. The summed E-state index contributed by atoms with van der Waals surface area (Å²) >= 11 is 0. The molecule has 0 N–H and O–H groups in total. The minimum Gasteiger partial charge on any atom is -0.309 e. The standard InChI is InChI=1S/2C51H33N5.C34H23N3/c1-5-15-34(16-6-1)39-25-28-42-44-32-38(37-26-29-46-43(31-37)41-23-13-14-24-45(41)55(46)40-21-11-4-12-22-40)27-30-47(44)56(48(42)33-39)51-53-49(35-17-7-2-8-18-35)52-50(54-51)36-19-9-3-10-20-36;1-4-15-34(16-5-1)49-52-50(35-17-6-2-7-18-35)54-51(53-49)38-19-14-22-40(31-38)56-46-26-13-11-24-42(46)44-32-36(28-30-47(44)56)37-27-29-43-41-23-10-12-25-45(41)55(48(43)33-37)39-20-8-3-9-21-39;1-2-9-24(10-3-1)25-17-19-26(20-18-25)27-11-8-12-28(23-27)31-21-22-35-34(36-31)37-32-15-6-4-13-29(32)30-14-5-7-16-33(30)37/h2*1-33H;1-23H. The van der Waals surface area contributed by atoms with Crippen molar-refractivity contribution >= 4 is 109 Å². The first kappa shape index (κ1) is 87.7. The van der Waals surface area contributed by atoms with Crippen molar-refractivity contribution in [2.24, 2.45) is 0 Å². The zero-order chi connectivity index (χ0) is 98.6. The van der Waals surface area contributed by atoms with E-state index in [9.17, 15) is 0 Å². The molecule has 13 nitrogen and oxygen atoms in total. The minimum absolute atomic E-state index is 0.575. The second kappa shape index (κ2) is 37.9. The fraction of sp³-hybridized carbons (Fsp3) is 0. The number of hydrogen-bond donors (Lipinski definition) is 0. The van der Waals surface area contributed by atoms with E-state index in [1.807, 2.05) is 140 Å². The summed E-state index contributed by atoms with van der Waals surface area (Å²) in [5, 5.41) is 12.0. The van der Waals surface area contributed by atoms with E-state index in [2.05, 4.69) is 428 Å². The highest BCUT2D eigenvalue weighted by molar-refractivity contribution is 6.16. The molecule has 13 heteroatoms. The molecular weight excluding hydrogens is 1820 g/mol. The fourth-order valence-electron chi connectivity index (χ4n) is 21.4. The number of benzene rings is 21. The second-order valence-electron chi connectivity index (χ2n) is 37.3. The highest BCUT2D eigenvalue weighted by atomic mass is 15.2. The number of para-hydroxylation sites is 7. The zero-order valence-corrected chi connectivity index (χ0v) is 80.7. The Morgan fingerprint density at radius 2 is 0.369 bits per heavy atom. The smallest absolute Gasteiger partial charge is 0.238 e. The third-order valence-electron chi connectivity index (χ3n) is 28.4. The molecule has 0 atom stereocenters. The molecule has 0 spiro atoms. The molecule has 0 bridgehead atoms. The average Bonchev–Trinajstić information content (AvgIpc) is 1.58. The molecule has 0 radical (unpaired) electrons. The molecule has 29 aromatic rings. The summed E-state index contributed by atoms with van der Waals surface area (Å²) in [4.78, 5) is 40.0. The molecule has 0 aliphatic rings. The Balaban J connectivity index is 0.000000113. The highest BCUT2D eigenvalue weighted by Gasteiger charge is 2.25. The average molecular weight is 1910 g/mol. The van der Waals surface area contributed by atoms with Crippen molar-refractivity contribution in [2.45, 2.75) is 0 Å². The fourth-order valence-corrected chi connectivity index (χ4v) is 21.4. The molecule has 0 saturated heterocycles. The van der Waals surface area contributed by atoms with Crippen molar-refractivity contribution in [1.29, 1.82) is 0 Å². The maximum absolute atomic E-state index is 5.18. The first-order chi connectivity index (χ1) is 73.9. The maximum atomic E-state index is 5.18. The molecule has 0 saturated carbocycles. The van der Waals surface area contributed by atoms with Crippen LogP contribution in [0.4, 0.5) is 0 Å². The van der Waals surface area contributed by atoms with Crippen LogP contribution in [0.3, 0.4) is 0 Å². The van der Waals surface area contributed by atoms with E-state index in [-0.39, 0.29) is 0 Å². The van der Waals surface area contributed by atoms with Crippen LogP contribution in [0.2, 0.25) is 0 Å². The van der Waals surface area contributed by atoms with Crippen LogP contribution < -0.4 is 0 Å². The van der Waals surface area contributed by atoms with Gasteiger partial charge in [-0.3, -0.25) is 9.13 Å². The van der Waals surface area contributed by atoms with Crippen LogP contribution in [0.15, 0.2) is 540 Å². The van der Waals surface area contributed by atoms with Gasteiger partial charge in [0.15, 0.2) is 29.1 Å². The lowest BCUT2D eigenvalue weighted by atomic mass is 9.98. The van der Waals surface area contributed by atoms with E-state index < -0.39 is 0 Å². The van der Waals surface area contributed by atoms with Crippen molar-refractivity contribution in [3.05, 3.63) is 540 Å². The zero-order valence-electron chi connectivity index (χ0n) is 80.7. The third-order valence-corrected chi connectivity index (χ3v) is 28.4. The predicted octanol–water partition coefficient (Wildman–Crippen LogP) is 34.0. The van der Waals surface area contributed by atoms with Gasteiger partial charge < -0.3 is 13.7 Å². The summed E-state index contributed by atoms with van der Waals surface area (Å²) < 4.78 is 11.5. The van der Waals surface area contributed by atoms with Crippen molar-refractivity contribution in [2.75, 3.05) is 0 Å². The first-order valence-electron chi connectivity index (χ1n) is 50.2. The Morgan fingerprint density at radius 1 is 0.121 bits per heavy atom. The van der Waals surface area contributed by atoms with Crippen LogP contribution in [-0.4, -0.2) is 62.7 Å². The largest absolute Gasteiger partial charge is 0.309 e. The van der Waals surface area contributed by atoms with E-state index in [1.165, 1.54) is 93.0 Å². The lowest BCUT2D eigenvalue weighted by Crippen LogP contribution is -2.06. The van der Waals surface area contributed by atoms with Crippen molar-refractivity contribution in [1.82, 2.24) is 62.7 Å². The molecule has 0 aliphatic carbocycles. The van der Waals surface area contributed by atoms with Gasteiger partial charge in [-0.15, -0.1) is 0 Å². The lowest BCUT2D eigenvalue weighted by Gasteiger charge is -2.12. The van der Waals surface area contributed by atoms with Crippen molar-refractivity contribution in [3.63, 3.8) is 0 Å². The van der Waals surface area contributed by atoms with Crippen LogP contribution in [0.25, 0.3) is 262 Å². The molecule has 21 aromatic carbocycles. The Hall–Kier alpha value is -20.3. The summed E-state index contributed by atoms with van der Waals surface area (Å²) in [7, 11) is 0. The Bertz CT molecular complexity index is 9960. The van der Waals surface area contributed by atoms with E-state index in [0.29, 0.717) is 41.0 Å². The second-order valence-corrected chi connectivity index (χ2v) is 37.3.